The number of hydrogen-bond acceptors (Lipinski definition) is 2. The summed E-state index contributed by atoms with van der Waals surface area (Å²) in [5.74, 6) is -0.0942. The molecule has 1 aliphatic rings. The van der Waals surface area contributed by atoms with Gasteiger partial charge in [-0.1, -0.05) is 26.0 Å². The lowest BCUT2D eigenvalue weighted by atomic mass is 9.99. The molecule has 1 fully saturated rings. The molecule has 3 heteroatoms. The predicted molar refractivity (Wildman–Crippen MR) is 82.4 cm³/mol. The van der Waals surface area contributed by atoms with Gasteiger partial charge in [-0.15, -0.1) is 0 Å². The minimum atomic E-state index is -0.0942. The highest BCUT2D eigenvalue weighted by atomic mass is 19.1. The lowest BCUT2D eigenvalue weighted by Crippen LogP contribution is -2.48. The number of rotatable bonds is 4. The van der Waals surface area contributed by atoms with E-state index in [1.807, 2.05) is 13.0 Å². The smallest absolute Gasteiger partial charge is 0.126 e. The standard InChI is InChI=1S/C17H27FN2/c1-12(2)19-16-6-5-9-20(11-16)14(4)15-8-7-13(3)17(18)10-15/h7-8,10,12,14,16,19H,5-6,9,11H2,1-4H3. The maximum absolute atomic E-state index is 13.7. The minimum absolute atomic E-state index is 0.0942. The summed E-state index contributed by atoms with van der Waals surface area (Å²) in [4.78, 5) is 2.47. The quantitative estimate of drug-likeness (QED) is 0.904. The van der Waals surface area contributed by atoms with E-state index in [-0.39, 0.29) is 11.9 Å². The van der Waals surface area contributed by atoms with Gasteiger partial charge in [0.25, 0.3) is 0 Å². The number of aryl methyl sites for hydroxylation is 1. The first-order chi connectivity index (χ1) is 9.47. The van der Waals surface area contributed by atoms with Crippen LogP contribution < -0.4 is 5.32 Å². The summed E-state index contributed by atoms with van der Waals surface area (Å²) in [6.45, 7) is 10.5. The predicted octanol–water partition coefficient (Wildman–Crippen LogP) is 3.66. The van der Waals surface area contributed by atoms with Gasteiger partial charge in [0.05, 0.1) is 0 Å². The molecule has 1 aromatic rings. The number of nitrogens with zero attached hydrogens (tertiary/aromatic N) is 1. The van der Waals surface area contributed by atoms with E-state index in [2.05, 4.69) is 37.1 Å². The molecule has 1 aromatic carbocycles. The molecular weight excluding hydrogens is 251 g/mol. The summed E-state index contributed by atoms with van der Waals surface area (Å²) in [6.07, 6.45) is 2.45. The molecule has 1 aliphatic heterocycles. The highest BCUT2D eigenvalue weighted by Crippen LogP contribution is 2.25. The molecule has 20 heavy (non-hydrogen) atoms. The lowest BCUT2D eigenvalue weighted by molar-refractivity contribution is 0.142. The third-order valence-electron chi connectivity index (χ3n) is 4.25. The third kappa shape index (κ3) is 3.80. The molecule has 0 bridgehead atoms. The molecule has 0 spiro atoms. The van der Waals surface area contributed by atoms with Crippen molar-refractivity contribution in [2.24, 2.45) is 0 Å². The van der Waals surface area contributed by atoms with E-state index in [4.69, 9.17) is 0 Å². The van der Waals surface area contributed by atoms with Crippen LogP contribution in [0.1, 0.15) is 50.8 Å². The van der Waals surface area contributed by atoms with E-state index >= 15 is 0 Å². The van der Waals surface area contributed by atoms with Crippen LogP contribution in [0.3, 0.4) is 0 Å². The molecule has 1 saturated heterocycles. The van der Waals surface area contributed by atoms with E-state index in [1.54, 1.807) is 6.07 Å². The Morgan fingerprint density at radius 3 is 2.70 bits per heavy atom. The summed E-state index contributed by atoms with van der Waals surface area (Å²) in [6, 6.07) is 6.99. The van der Waals surface area contributed by atoms with Crippen molar-refractivity contribution in [3.05, 3.63) is 35.1 Å². The van der Waals surface area contributed by atoms with Crippen LogP contribution in [0, 0.1) is 12.7 Å². The van der Waals surface area contributed by atoms with Gasteiger partial charge in [-0.25, -0.2) is 4.39 Å². The van der Waals surface area contributed by atoms with Gasteiger partial charge < -0.3 is 5.32 Å². The highest BCUT2D eigenvalue weighted by Gasteiger charge is 2.24. The summed E-state index contributed by atoms with van der Waals surface area (Å²) in [7, 11) is 0. The van der Waals surface area contributed by atoms with Crippen molar-refractivity contribution in [3.8, 4) is 0 Å². The number of piperidine rings is 1. The topological polar surface area (TPSA) is 15.3 Å². The summed E-state index contributed by atoms with van der Waals surface area (Å²) in [5, 5.41) is 3.62. The third-order valence-corrected chi connectivity index (χ3v) is 4.25. The average Bonchev–Trinajstić information content (AvgIpc) is 2.40. The molecule has 112 valence electrons. The fourth-order valence-electron chi connectivity index (χ4n) is 3.05. The second kappa shape index (κ2) is 6.68. The van der Waals surface area contributed by atoms with Crippen LogP contribution in [-0.4, -0.2) is 30.1 Å². The van der Waals surface area contributed by atoms with Gasteiger partial charge in [0.1, 0.15) is 5.82 Å². The van der Waals surface area contributed by atoms with E-state index in [1.165, 1.54) is 12.8 Å². The SMILES string of the molecule is Cc1ccc(C(C)N2CCCC(NC(C)C)C2)cc1F. The van der Waals surface area contributed by atoms with Gasteiger partial charge in [0.15, 0.2) is 0 Å². The Hall–Kier alpha value is -0.930. The van der Waals surface area contributed by atoms with E-state index in [0.717, 1.165) is 24.2 Å². The van der Waals surface area contributed by atoms with Crippen LogP contribution in [0.2, 0.25) is 0 Å². The minimum Gasteiger partial charge on any atom is -0.311 e. The molecule has 2 nitrogen and oxygen atoms in total. The van der Waals surface area contributed by atoms with Crippen LogP contribution in [0.5, 0.6) is 0 Å². The fraction of sp³-hybridized carbons (Fsp3) is 0.647. The van der Waals surface area contributed by atoms with Crippen LogP contribution in [0.4, 0.5) is 4.39 Å². The van der Waals surface area contributed by atoms with Crippen molar-refractivity contribution in [2.45, 2.75) is 58.7 Å². The van der Waals surface area contributed by atoms with Gasteiger partial charge >= 0.3 is 0 Å². The van der Waals surface area contributed by atoms with Crippen molar-refractivity contribution in [3.63, 3.8) is 0 Å². The van der Waals surface area contributed by atoms with Crippen LogP contribution >= 0.6 is 0 Å². The zero-order chi connectivity index (χ0) is 14.7. The van der Waals surface area contributed by atoms with Crippen LogP contribution in [0.25, 0.3) is 0 Å². The molecule has 1 N–H and O–H groups in total. The van der Waals surface area contributed by atoms with Crippen LogP contribution in [-0.2, 0) is 0 Å². The first kappa shape index (κ1) is 15.5. The Kier molecular flexibility index (Phi) is 5.17. The maximum atomic E-state index is 13.7. The van der Waals surface area contributed by atoms with Crippen LogP contribution in [0.15, 0.2) is 18.2 Å². The van der Waals surface area contributed by atoms with Crippen molar-refractivity contribution in [1.29, 1.82) is 0 Å². The molecule has 0 radical (unpaired) electrons. The van der Waals surface area contributed by atoms with Crippen molar-refractivity contribution < 1.29 is 4.39 Å². The van der Waals surface area contributed by atoms with Crippen molar-refractivity contribution >= 4 is 0 Å². The molecule has 2 rings (SSSR count). The first-order valence-corrected chi connectivity index (χ1v) is 7.73. The Bertz CT molecular complexity index is 445. The molecular formula is C17H27FN2. The molecule has 0 aromatic heterocycles. The molecule has 0 amide bonds. The Labute approximate surface area is 122 Å². The number of halogens is 1. The highest BCUT2D eigenvalue weighted by molar-refractivity contribution is 5.25. The summed E-state index contributed by atoms with van der Waals surface area (Å²) >= 11 is 0. The number of nitrogens with one attached hydrogen (secondary N) is 1. The van der Waals surface area contributed by atoms with E-state index in [9.17, 15) is 4.39 Å². The monoisotopic (exact) mass is 278 g/mol. The maximum Gasteiger partial charge on any atom is 0.126 e. The number of likely N-dealkylation sites (tertiary alicyclic amines) is 1. The molecule has 2 unspecified atom stereocenters. The van der Waals surface area contributed by atoms with Gasteiger partial charge in [-0.2, -0.15) is 0 Å². The fourth-order valence-corrected chi connectivity index (χ4v) is 3.05. The van der Waals surface area contributed by atoms with E-state index < -0.39 is 0 Å². The Morgan fingerprint density at radius 1 is 1.30 bits per heavy atom. The molecule has 0 aliphatic carbocycles. The molecule has 1 heterocycles. The summed E-state index contributed by atoms with van der Waals surface area (Å²) < 4.78 is 13.7. The first-order valence-electron chi connectivity index (χ1n) is 7.73. The number of benzene rings is 1. The lowest BCUT2D eigenvalue weighted by Gasteiger charge is -2.38. The number of hydrogen-bond donors (Lipinski definition) is 1. The zero-order valence-electron chi connectivity index (χ0n) is 13.1. The molecule has 0 saturated carbocycles. The second-order valence-electron chi connectivity index (χ2n) is 6.34. The van der Waals surface area contributed by atoms with E-state index in [0.29, 0.717) is 12.1 Å². The van der Waals surface area contributed by atoms with Gasteiger partial charge in [0.2, 0.25) is 0 Å². The van der Waals surface area contributed by atoms with Gasteiger partial charge in [0, 0.05) is 24.7 Å². The van der Waals surface area contributed by atoms with Crippen molar-refractivity contribution in [2.75, 3.05) is 13.1 Å². The van der Waals surface area contributed by atoms with Gasteiger partial charge in [-0.3, -0.25) is 4.90 Å². The molecule has 2 atom stereocenters. The summed E-state index contributed by atoms with van der Waals surface area (Å²) in [5.41, 5.74) is 1.80. The second-order valence-corrected chi connectivity index (χ2v) is 6.34. The van der Waals surface area contributed by atoms with Gasteiger partial charge in [-0.05, 0) is 50.4 Å². The Morgan fingerprint density at radius 2 is 2.05 bits per heavy atom. The Balaban J connectivity index is 2.04. The average molecular weight is 278 g/mol. The normalized spacial score (nSPS) is 22.2. The van der Waals surface area contributed by atoms with Crippen molar-refractivity contribution in [1.82, 2.24) is 10.2 Å². The zero-order valence-corrected chi connectivity index (χ0v) is 13.1. The largest absolute Gasteiger partial charge is 0.311 e.